The zero-order chi connectivity index (χ0) is 26.9. The van der Waals surface area contributed by atoms with Crippen molar-refractivity contribution in [2.75, 3.05) is 6.54 Å². The van der Waals surface area contributed by atoms with E-state index in [1.807, 2.05) is 30.3 Å². The summed E-state index contributed by atoms with van der Waals surface area (Å²) in [5, 5.41) is 11.2. The molecular formula is C28H31N5O5. The molecule has 1 aliphatic heterocycles. The average molecular weight is 518 g/mol. The van der Waals surface area contributed by atoms with Gasteiger partial charge in [-0.1, -0.05) is 48.5 Å². The summed E-state index contributed by atoms with van der Waals surface area (Å²) in [5.41, 5.74) is 1.34. The first-order valence-corrected chi connectivity index (χ1v) is 12.6. The fraction of sp³-hybridized carbons (Fsp3) is 0.321. The molecule has 2 heterocycles. The Labute approximate surface area is 220 Å². The van der Waals surface area contributed by atoms with Gasteiger partial charge in [0.05, 0.1) is 0 Å². The zero-order valence-electron chi connectivity index (χ0n) is 21.1. The van der Waals surface area contributed by atoms with Crippen molar-refractivity contribution in [1.82, 2.24) is 26.3 Å². The number of fused-ring (bicyclic) bond motifs is 2. The smallest absolute Gasteiger partial charge is 0.273 e. The lowest BCUT2D eigenvalue weighted by molar-refractivity contribution is -0.124. The van der Waals surface area contributed by atoms with Gasteiger partial charge in [0, 0.05) is 18.5 Å². The first-order valence-electron chi connectivity index (χ1n) is 12.6. The Hall–Kier alpha value is -4.47. The summed E-state index contributed by atoms with van der Waals surface area (Å²) in [6.07, 6.45) is 3.02. The van der Waals surface area contributed by atoms with Crippen molar-refractivity contribution in [3.63, 3.8) is 0 Å². The maximum absolute atomic E-state index is 13.1. The summed E-state index contributed by atoms with van der Waals surface area (Å²) in [7, 11) is 0. The van der Waals surface area contributed by atoms with E-state index < -0.39 is 29.9 Å². The van der Waals surface area contributed by atoms with E-state index in [-0.39, 0.29) is 23.4 Å². The highest BCUT2D eigenvalue weighted by molar-refractivity contribution is 5.98. The van der Waals surface area contributed by atoms with Crippen molar-refractivity contribution in [1.29, 1.82) is 0 Å². The number of rotatable bonds is 4. The van der Waals surface area contributed by atoms with Gasteiger partial charge >= 0.3 is 0 Å². The highest BCUT2D eigenvalue weighted by atomic mass is 16.3. The number of oxazole rings is 1. The molecule has 4 amide bonds. The standard InChI is InChI=1S/C28H31N5O5/c1-18-28-33-23(17-38-28)27(37)32-22(16-19-10-4-2-5-11-19)25(35)29-15-9-8-14-21(26(36)30-18)31-24(34)20-12-6-3-7-13-20/h2-7,10-13,17-18,21-22H,8-9,14-16H2,1H3,(H,29,35)(H,30,36)(H,31,34)(H,32,37)/t18-,21-,22-/m0/s1. The van der Waals surface area contributed by atoms with Crippen LogP contribution in [0.15, 0.2) is 71.3 Å². The van der Waals surface area contributed by atoms with Crippen LogP contribution in [0.4, 0.5) is 0 Å². The van der Waals surface area contributed by atoms with Crippen molar-refractivity contribution in [2.24, 2.45) is 0 Å². The van der Waals surface area contributed by atoms with Gasteiger partial charge in [-0.2, -0.15) is 0 Å². The number of benzene rings is 2. The highest BCUT2D eigenvalue weighted by Crippen LogP contribution is 2.14. The number of aromatic nitrogens is 1. The maximum atomic E-state index is 13.1. The number of hydrogen-bond acceptors (Lipinski definition) is 6. The van der Waals surface area contributed by atoms with Gasteiger partial charge in [0.2, 0.25) is 17.7 Å². The first kappa shape index (κ1) is 26.6. The normalized spacial score (nSPS) is 21.1. The Balaban J connectivity index is 1.52. The molecule has 2 bridgehead atoms. The van der Waals surface area contributed by atoms with E-state index in [0.717, 1.165) is 5.56 Å². The lowest BCUT2D eigenvalue weighted by Gasteiger charge is -2.21. The predicted molar refractivity (Wildman–Crippen MR) is 139 cm³/mol. The summed E-state index contributed by atoms with van der Waals surface area (Å²) in [4.78, 5) is 56.0. The number of hydrogen-bond donors (Lipinski definition) is 4. The molecule has 0 spiro atoms. The fourth-order valence-corrected chi connectivity index (χ4v) is 4.17. The monoisotopic (exact) mass is 517 g/mol. The van der Waals surface area contributed by atoms with Crippen LogP contribution >= 0.6 is 0 Å². The lowest BCUT2D eigenvalue weighted by atomic mass is 10.0. The van der Waals surface area contributed by atoms with Gasteiger partial charge in [0.15, 0.2) is 5.69 Å². The Morgan fingerprint density at radius 1 is 0.974 bits per heavy atom. The predicted octanol–water partition coefficient (Wildman–Crippen LogP) is 2.29. The molecule has 4 N–H and O–H groups in total. The molecule has 2 aromatic carbocycles. The van der Waals surface area contributed by atoms with Gasteiger partial charge in [0.25, 0.3) is 11.8 Å². The Bertz CT molecular complexity index is 1260. The van der Waals surface area contributed by atoms with Crippen LogP contribution in [0.5, 0.6) is 0 Å². The van der Waals surface area contributed by atoms with E-state index in [2.05, 4.69) is 26.3 Å². The van der Waals surface area contributed by atoms with Gasteiger partial charge in [-0.25, -0.2) is 4.98 Å². The van der Waals surface area contributed by atoms with Crippen LogP contribution in [-0.2, 0) is 16.0 Å². The average Bonchev–Trinajstić information content (AvgIpc) is 3.43. The quantitative estimate of drug-likeness (QED) is 0.418. The lowest BCUT2D eigenvalue weighted by Crippen LogP contribution is -2.49. The molecule has 1 aromatic heterocycles. The molecule has 0 fully saturated rings. The molecule has 198 valence electrons. The summed E-state index contributed by atoms with van der Waals surface area (Å²) < 4.78 is 5.46. The SMILES string of the molecule is C[C@@H]1NC(=O)[C@@H](NC(=O)c2ccccc2)CCCCNC(=O)[C@H](Cc2ccccc2)NC(=O)c2coc1n2. The number of amides is 4. The largest absolute Gasteiger partial charge is 0.446 e. The van der Waals surface area contributed by atoms with E-state index in [4.69, 9.17) is 4.42 Å². The van der Waals surface area contributed by atoms with Crippen LogP contribution in [0, 0.1) is 0 Å². The van der Waals surface area contributed by atoms with E-state index in [1.165, 1.54) is 6.26 Å². The zero-order valence-corrected chi connectivity index (χ0v) is 21.1. The summed E-state index contributed by atoms with van der Waals surface area (Å²) in [6, 6.07) is 15.8. The van der Waals surface area contributed by atoms with E-state index >= 15 is 0 Å². The summed E-state index contributed by atoms with van der Waals surface area (Å²) in [5.74, 6) is -1.51. The fourth-order valence-electron chi connectivity index (χ4n) is 4.17. The molecule has 3 aromatic rings. The topological polar surface area (TPSA) is 142 Å². The first-order chi connectivity index (χ1) is 18.4. The number of carbonyl (C=O) groups excluding carboxylic acids is 4. The molecule has 0 saturated heterocycles. The van der Waals surface area contributed by atoms with Crippen molar-refractivity contribution in [3.8, 4) is 0 Å². The van der Waals surface area contributed by atoms with Crippen molar-refractivity contribution < 1.29 is 23.6 Å². The molecule has 0 aliphatic carbocycles. The Morgan fingerprint density at radius 3 is 2.42 bits per heavy atom. The number of nitrogens with zero attached hydrogens (tertiary/aromatic N) is 1. The van der Waals surface area contributed by atoms with E-state index in [1.54, 1.807) is 37.3 Å². The number of carbonyl (C=O) groups is 4. The molecule has 0 radical (unpaired) electrons. The van der Waals surface area contributed by atoms with Crippen LogP contribution in [0.1, 0.15) is 64.5 Å². The molecule has 0 unspecified atom stereocenters. The minimum absolute atomic E-state index is 0.00650. The van der Waals surface area contributed by atoms with Crippen molar-refractivity contribution >= 4 is 23.6 Å². The third-order valence-corrected chi connectivity index (χ3v) is 6.26. The van der Waals surface area contributed by atoms with Crippen molar-refractivity contribution in [3.05, 3.63) is 89.6 Å². The molecule has 1 aliphatic rings. The minimum Gasteiger partial charge on any atom is -0.446 e. The molecule has 0 saturated carbocycles. The number of nitrogens with one attached hydrogen (secondary N) is 4. The van der Waals surface area contributed by atoms with Crippen LogP contribution in [0.25, 0.3) is 0 Å². The molecular weight excluding hydrogens is 486 g/mol. The Morgan fingerprint density at radius 2 is 1.68 bits per heavy atom. The second kappa shape index (κ2) is 12.7. The molecule has 3 atom stereocenters. The highest BCUT2D eigenvalue weighted by Gasteiger charge is 2.27. The van der Waals surface area contributed by atoms with Gasteiger partial charge in [-0.05, 0) is 43.9 Å². The molecule has 4 rings (SSSR count). The van der Waals surface area contributed by atoms with E-state index in [0.29, 0.717) is 37.8 Å². The maximum Gasteiger partial charge on any atom is 0.273 e. The van der Waals surface area contributed by atoms with E-state index in [9.17, 15) is 19.2 Å². The molecule has 38 heavy (non-hydrogen) atoms. The third kappa shape index (κ3) is 7.06. The summed E-state index contributed by atoms with van der Waals surface area (Å²) >= 11 is 0. The third-order valence-electron chi connectivity index (χ3n) is 6.26. The van der Waals surface area contributed by atoms with Crippen LogP contribution < -0.4 is 21.3 Å². The van der Waals surface area contributed by atoms with Crippen molar-refractivity contribution in [2.45, 2.75) is 50.7 Å². The second-order valence-corrected chi connectivity index (χ2v) is 9.20. The Kier molecular flexibility index (Phi) is 8.86. The van der Waals surface area contributed by atoms with Crippen LogP contribution in [0.3, 0.4) is 0 Å². The molecule has 10 nitrogen and oxygen atoms in total. The molecule has 10 heteroatoms. The summed E-state index contributed by atoms with van der Waals surface area (Å²) in [6.45, 7) is 2.03. The van der Waals surface area contributed by atoms with Gasteiger partial charge in [0.1, 0.15) is 24.4 Å². The van der Waals surface area contributed by atoms with Gasteiger partial charge < -0.3 is 25.7 Å². The van der Waals surface area contributed by atoms with Crippen LogP contribution in [0.2, 0.25) is 0 Å². The minimum atomic E-state index is -0.812. The van der Waals surface area contributed by atoms with Crippen LogP contribution in [-0.4, -0.2) is 47.2 Å². The van der Waals surface area contributed by atoms with Gasteiger partial charge in [-0.3, -0.25) is 19.2 Å². The second-order valence-electron chi connectivity index (χ2n) is 9.20. The van der Waals surface area contributed by atoms with Gasteiger partial charge in [-0.15, -0.1) is 0 Å².